The van der Waals surface area contributed by atoms with Crippen molar-refractivity contribution in [2.45, 2.75) is 141 Å². The number of aliphatic carboxylic acids is 1. The molecule has 322 valence electrons. The van der Waals surface area contributed by atoms with Crippen LogP contribution in [0, 0.1) is 0 Å². The summed E-state index contributed by atoms with van der Waals surface area (Å²) in [7, 11) is -4.76. The van der Waals surface area contributed by atoms with E-state index in [1.807, 2.05) is 36.5 Å². The van der Waals surface area contributed by atoms with E-state index in [1.165, 1.54) is 19.3 Å². The molecule has 0 radical (unpaired) electrons. The Hall–Kier alpha value is -3.64. The first kappa shape index (κ1) is 53.4. The Balaban J connectivity index is 4.66. The lowest BCUT2D eigenvalue weighted by Gasteiger charge is -2.20. The summed E-state index contributed by atoms with van der Waals surface area (Å²) in [5.74, 6) is -2.57. The van der Waals surface area contributed by atoms with Gasteiger partial charge in [-0.15, -0.1) is 0 Å². The fourth-order valence-corrected chi connectivity index (χ4v) is 5.44. The third kappa shape index (κ3) is 37.7. The number of carbonyl (C=O) groups is 3. The van der Waals surface area contributed by atoms with Crippen molar-refractivity contribution >= 4 is 25.7 Å². The van der Waals surface area contributed by atoms with Crippen LogP contribution in [0.1, 0.15) is 123 Å². The molecule has 5 N–H and O–H groups in total. The van der Waals surface area contributed by atoms with Gasteiger partial charge in [-0.25, -0.2) is 4.57 Å². The molecule has 0 aromatic heterocycles. The molecule has 13 heteroatoms. The Labute approximate surface area is 341 Å². The minimum Gasteiger partial charge on any atom is -0.480 e. The second-order valence-corrected chi connectivity index (χ2v) is 14.7. The van der Waals surface area contributed by atoms with E-state index in [0.29, 0.717) is 32.1 Å². The molecule has 0 aliphatic heterocycles. The topological polar surface area (TPSA) is 192 Å². The van der Waals surface area contributed by atoms with E-state index < -0.39 is 63.8 Å². The third-order valence-electron chi connectivity index (χ3n) is 7.90. The summed E-state index contributed by atoms with van der Waals surface area (Å²) in [4.78, 5) is 45.8. The van der Waals surface area contributed by atoms with Gasteiger partial charge in [0.1, 0.15) is 12.6 Å². The summed E-state index contributed by atoms with van der Waals surface area (Å²) in [5, 5.41) is 18.9. The molecule has 12 nitrogen and oxygen atoms in total. The van der Waals surface area contributed by atoms with Crippen LogP contribution >= 0.6 is 7.82 Å². The fraction of sp³-hybridized carbons (Fsp3) is 0.568. The molecule has 0 aliphatic carbocycles. The van der Waals surface area contributed by atoms with E-state index in [-0.39, 0.29) is 12.8 Å². The number of esters is 2. The number of allylic oxidation sites excluding steroid dienone is 14. The van der Waals surface area contributed by atoms with E-state index in [2.05, 4.69) is 67.0 Å². The predicted octanol–water partition coefficient (Wildman–Crippen LogP) is 9.47. The SMILES string of the molecule is CC/C=C\C/C=C\CC(O)/C=C/C=C\C/C=C\CCCC(=O)O[C@H](COC(=O)CCCC/C=C\C/C=C\C/C=C\CCCCC)COP(=O)(O)OC[C@H](N)C(=O)O. The van der Waals surface area contributed by atoms with E-state index in [0.717, 1.165) is 44.9 Å². The molecule has 57 heavy (non-hydrogen) atoms. The molecular formula is C44H70NO11P. The van der Waals surface area contributed by atoms with Crippen molar-refractivity contribution in [3.8, 4) is 0 Å². The Morgan fingerprint density at radius 2 is 1.19 bits per heavy atom. The lowest BCUT2D eigenvalue weighted by molar-refractivity contribution is -0.161. The van der Waals surface area contributed by atoms with Gasteiger partial charge in [-0.2, -0.15) is 0 Å². The number of aliphatic hydroxyl groups is 1. The number of phosphoric ester groups is 1. The Kier molecular flexibility index (Phi) is 35.5. The van der Waals surface area contributed by atoms with Gasteiger partial charge < -0.3 is 30.3 Å². The van der Waals surface area contributed by atoms with E-state index in [1.54, 1.807) is 12.2 Å². The normalized spacial score (nSPS) is 15.3. The maximum absolute atomic E-state index is 12.6. The van der Waals surface area contributed by atoms with E-state index >= 15 is 0 Å². The number of carbonyl (C=O) groups excluding carboxylic acids is 2. The summed E-state index contributed by atoms with van der Waals surface area (Å²) < 4.78 is 32.5. The fourth-order valence-electron chi connectivity index (χ4n) is 4.66. The van der Waals surface area contributed by atoms with Crippen molar-refractivity contribution in [3.63, 3.8) is 0 Å². The quantitative estimate of drug-likeness (QED) is 0.0154. The van der Waals surface area contributed by atoms with Crippen molar-refractivity contribution in [1.29, 1.82) is 0 Å². The molecule has 2 unspecified atom stereocenters. The van der Waals surface area contributed by atoms with Gasteiger partial charge in [0, 0.05) is 12.8 Å². The number of nitrogens with two attached hydrogens (primary N) is 1. The maximum Gasteiger partial charge on any atom is 0.472 e. The monoisotopic (exact) mass is 819 g/mol. The second-order valence-electron chi connectivity index (χ2n) is 13.2. The highest BCUT2D eigenvalue weighted by Gasteiger charge is 2.28. The summed E-state index contributed by atoms with van der Waals surface area (Å²) >= 11 is 0. The summed E-state index contributed by atoms with van der Waals surface area (Å²) in [6.07, 6.45) is 43.7. The number of hydrogen-bond acceptors (Lipinski definition) is 10. The Morgan fingerprint density at radius 3 is 1.82 bits per heavy atom. The molecule has 0 aliphatic rings. The van der Waals surface area contributed by atoms with Crippen molar-refractivity contribution in [2.24, 2.45) is 5.73 Å². The van der Waals surface area contributed by atoms with Gasteiger partial charge in [-0.1, -0.05) is 124 Å². The van der Waals surface area contributed by atoms with Gasteiger partial charge in [-0.05, 0) is 83.5 Å². The highest BCUT2D eigenvalue weighted by molar-refractivity contribution is 7.47. The van der Waals surface area contributed by atoms with E-state index in [4.69, 9.17) is 24.8 Å². The van der Waals surface area contributed by atoms with Crippen LogP contribution in [0.2, 0.25) is 0 Å². The number of unbranched alkanes of at least 4 members (excludes halogenated alkanes) is 6. The molecule has 0 aromatic rings. The molecule has 4 atom stereocenters. The highest BCUT2D eigenvalue weighted by atomic mass is 31.2. The van der Waals surface area contributed by atoms with E-state index in [9.17, 15) is 28.9 Å². The molecule has 0 spiro atoms. The summed E-state index contributed by atoms with van der Waals surface area (Å²) in [5.41, 5.74) is 5.31. The first-order valence-electron chi connectivity index (χ1n) is 20.4. The van der Waals surface area contributed by atoms with Crippen LogP contribution in [-0.2, 0) is 37.5 Å². The third-order valence-corrected chi connectivity index (χ3v) is 8.85. The zero-order chi connectivity index (χ0) is 42.2. The van der Waals surface area contributed by atoms with Crippen molar-refractivity contribution < 1.29 is 52.6 Å². The van der Waals surface area contributed by atoms with Gasteiger partial charge >= 0.3 is 25.7 Å². The summed E-state index contributed by atoms with van der Waals surface area (Å²) in [6, 6.07) is -1.55. The van der Waals surface area contributed by atoms with Crippen LogP contribution in [0.4, 0.5) is 0 Å². The Bertz CT molecular complexity index is 1350. The molecule has 0 heterocycles. The van der Waals surface area contributed by atoms with Crippen LogP contribution in [0.5, 0.6) is 0 Å². The first-order chi connectivity index (χ1) is 27.5. The predicted molar refractivity (Wildman–Crippen MR) is 227 cm³/mol. The van der Waals surface area contributed by atoms with Crippen LogP contribution in [0.3, 0.4) is 0 Å². The first-order valence-corrected chi connectivity index (χ1v) is 21.9. The number of carboxylic acids is 1. The molecule has 0 saturated heterocycles. The second kappa shape index (κ2) is 37.9. The van der Waals surface area contributed by atoms with Crippen molar-refractivity contribution in [1.82, 2.24) is 0 Å². The molecule has 0 amide bonds. The van der Waals surface area contributed by atoms with Crippen LogP contribution in [-0.4, -0.2) is 71.1 Å². The molecule has 0 fully saturated rings. The van der Waals surface area contributed by atoms with Crippen molar-refractivity contribution in [2.75, 3.05) is 19.8 Å². The molecule has 0 rings (SSSR count). The number of rotatable bonds is 36. The number of carboxylic acid groups (broad SMARTS) is 1. The minimum atomic E-state index is -4.76. The lowest BCUT2D eigenvalue weighted by Crippen LogP contribution is -2.34. The smallest absolute Gasteiger partial charge is 0.472 e. The Morgan fingerprint density at radius 1 is 0.649 bits per heavy atom. The number of ether oxygens (including phenoxy) is 2. The van der Waals surface area contributed by atoms with Gasteiger partial charge in [-0.3, -0.25) is 23.4 Å². The zero-order valence-corrected chi connectivity index (χ0v) is 35.1. The zero-order valence-electron chi connectivity index (χ0n) is 34.2. The number of phosphoric acid groups is 1. The van der Waals surface area contributed by atoms with Crippen molar-refractivity contribution in [3.05, 3.63) is 97.2 Å². The maximum atomic E-state index is 12.6. The number of aliphatic hydroxyl groups excluding tert-OH is 1. The highest BCUT2D eigenvalue weighted by Crippen LogP contribution is 2.43. The standard InChI is InChI=1S/C44H70NO11P/c1-3-5-7-9-11-12-13-14-15-16-17-18-22-26-30-34-42(47)53-36-40(37-54-57(51,52)55-38-41(45)44(49)50)56-43(48)35-31-27-23-20-19-21-25-29-33-39(46)32-28-24-10-8-6-4-2/h6,8,11-12,14-15,17-18,20-21,23-25,28-29,33,39-41,46H,3-5,7,9-10,13,16,19,22,26-27,30-32,34-38,45H2,1-2H3,(H,49,50)(H,51,52)/b8-6-,12-11-,15-14-,18-17-,23-20-,25-21-,28-24-,33-29+/t39?,40-,41+/m1/s1. The van der Waals surface area contributed by atoms with Gasteiger partial charge in [0.05, 0.1) is 19.3 Å². The number of hydrogen-bond donors (Lipinski definition) is 4. The molecule has 0 aromatic carbocycles. The van der Waals surface area contributed by atoms with Gasteiger partial charge in [0.25, 0.3) is 0 Å². The molecule has 0 bridgehead atoms. The van der Waals surface area contributed by atoms with Gasteiger partial charge in [0.2, 0.25) is 0 Å². The largest absolute Gasteiger partial charge is 0.480 e. The minimum absolute atomic E-state index is 0.0365. The van der Waals surface area contributed by atoms with Crippen LogP contribution < -0.4 is 5.73 Å². The molecular weight excluding hydrogens is 749 g/mol. The van der Waals surface area contributed by atoms with Crippen LogP contribution in [0.15, 0.2) is 97.2 Å². The van der Waals surface area contributed by atoms with Crippen LogP contribution in [0.25, 0.3) is 0 Å². The molecule has 0 saturated carbocycles. The summed E-state index contributed by atoms with van der Waals surface area (Å²) in [6.45, 7) is 2.44. The average Bonchev–Trinajstić information content (AvgIpc) is 3.18. The van der Waals surface area contributed by atoms with Gasteiger partial charge in [0.15, 0.2) is 6.10 Å². The average molecular weight is 820 g/mol. The lowest BCUT2D eigenvalue weighted by atomic mass is 10.1.